The van der Waals surface area contributed by atoms with E-state index in [4.69, 9.17) is 9.15 Å². The molecule has 5 rings (SSSR count). The van der Waals surface area contributed by atoms with Crippen LogP contribution in [0.15, 0.2) is 95.7 Å². The molecular weight excluding hydrogens is 512 g/mol. The average Bonchev–Trinajstić information content (AvgIpc) is 3.40. The van der Waals surface area contributed by atoms with Crippen LogP contribution < -0.4 is 10.1 Å². The summed E-state index contributed by atoms with van der Waals surface area (Å²) >= 11 is 0. The minimum atomic E-state index is -3.01. The molecule has 2 aromatic heterocycles. The third-order valence-corrected chi connectivity index (χ3v) is 7.14. The molecule has 5 aromatic rings. The lowest BCUT2D eigenvalue weighted by molar-refractivity contribution is 0.306. The Kier molecular flexibility index (Phi) is 7.90. The number of nitrogens with one attached hydrogen (secondary N) is 1. The number of hydrogen-bond donors (Lipinski definition) is 1. The Balaban J connectivity index is 1.28. The van der Waals surface area contributed by atoms with Crippen molar-refractivity contribution in [1.29, 1.82) is 0 Å². The largest absolute Gasteiger partial charge is 0.489 e. The first-order chi connectivity index (χ1) is 18.8. The van der Waals surface area contributed by atoms with Gasteiger partial charge in [0.2, 0.25) is 0 Å². The second kappa shape index (κ2) is 11.7. The molecule has 0 saturated carbocycles. The molecule has 0 saturated heterocycles. The maximum atomic E-state index is 11.4. The van der Waals surface area contributed by atoms with Crippen molar-refractivity contribution in [2.75, 3.05) is 30.9 Å². The zero-order chi connectivity index (χ0) is 27.2. The first-order valence-corrected chi connectivity index (χ1v) is 14.6. The topological polar surface area (TPSA) is 97.6 Å². The number of furan rings is 1. The number of fused-ring (bicyclic) bond motifs is 1. The van der Waals surface area contributed by atoms with E-state index in [0.29, 0.717) is 25.5 Å². The van der Waals surface area contributed by atoms with E-state index in [0.717, 1.165) is 45.0 Å². The maximum absolute atomic E-state index is 11.4. The van der Waals surface area contributed by atoms with Crippen LogP contribution in [0.25, 0.3) is 22.2 Å². The highest BCUT2D eigenvalue weighted by molar-refractivity contribution is 7.90. The van der Waals surface area contributed by atoms with Crippen LogP contribution in [0.1, 0.15) is 11.3 Å². The van der Waals surface area contributed by atoms with Crippen molar-refractivity contribution in [2.45, 2.75) is 13.2 Å². The van der Waals surface area contributed by atoms with E-state index >= 15 is 0 Å². The van der Waals surface area contributed by atoms with Crippen LogP contribution in [0.4, 0.5) is 11.5 Å². The Bertz CT molecular complexity index is 1650. The first-order valence-electron chi connectivity index (χ1n) is 12.6. The van der Waals surface area contributed by atoms with Gasteiger partial charge in [0.15, 0.2) is 0 Å². The molecule has 0 amide bonds. The fraction of sp³-hybridized carbons (Fsp3) is 0.200. The second-order valence-electron chi connectivity index (χ2n) is 9.51. The quantitative estimate of drug-likeness (QED) is 0.227. The third-order valence-electron chi connectivity index (χ3n) is 6.22. The number of rotatable bonds is 11. The van der Waals surface area contributed by atoms with E-state index in [1.807, 2.05) is 96.9 Å². The van der Waals surface area contributed by atoms with Gasteiger partial charge in [0.25, 0.3) is 0 Å². The standard InChI is InChI=1S/C30H30N4O4S/c1-34(16-17-39(2,35)36)19-26-13-15-29(38-26)23-8-14-28-27(18-23)30(32-21-31-28)33-24-9-11-25(12-10-24)37-20-22-6-4-3-5-7-22/h3-15,18,21H,16-17,19-20H2,1-2H3,(H,31,32,33). The molecule has 0 atom stereocenters. The van der Waals surface area contributed by atoms with Gasteiger partial charge in [-0.2, -0.15) is 0 Å². The Hall–Kier alpha value is -4.21. The van der Waals surface area contributed by atoms with Crippen LogP contribution in [0.2, 0.25) is 0 Å². The number of sulfone groups is 1. The molecule has 0 radical (unpaired) electrons. The Morgan fingerprint density at radius 1 is 0.949 bits per heavy atom. The molecule has 1 N–H and O–H groups in total. The van der Waals surface area contributed by atoms with Crippen LogP contribution in [0.5, 0.6) is 5.75 Å². The maximum Gasteiger partial charge on any atom is 0.148 e. The molecule has 0 aliphatic heterocycles. The monoisotopic (exact) mass is 542 g/mol. The first kappa shape index (κ1) is 26.4. The molecule has 2 heterocycles. The van der Waals surface area contributed by atoms with Crippen molar-refractivity contribution in [3.63, 3.8) is 0 Å². The van der Waals surface area contributed by atoms with E-state index in [-0.39, 0.29) is 5.75 Å². The smallest absolute Gasteiger partial charge is 0.148 e. The zero-order valence-corrected chi connectivity index (χ0v) is 22.7. The van der Waals surface area contributed by atoms with Gasteiger partial charge >= 0.3 is 0 Å². The number of nitrogens with zero attached hydrogens (tertiary/aromatic N) is 3. The summed E-state index contributed by atoms with van der Waals surface area (Å²) in [6.07, 6.45) is 2.79. The molecule has 3 aromatic carbocycles. The minimum absolute atomic E-state index is 0.112. The molecule has 39 heavy (non-hydrogen) atoms. The van der Waals surface area contributed by atoms with Crippen molar-refractivity contribution < 1.29 is 17.6 Å². The van der Waals surface area contributed by atoms with Gasteiger partial charge < -0.3 is 14.5 Å². The van der Waals surface area contributed by atoms with Gasteiger partial charge in [-0.1, -0.05) is 30.3 Å². The summed E-state index contributed by atoms with van der Waals surface area (Å²) in [5.74, 6) is 3.07. The highest BCUT2D eigenvalue weighted by Crippen LogP contribution is 2.30. The SMILES string of the molecule is CN(CCS(C)(=O)=O)Cc1ccc(-c2ccc3ncnc(Nc4ccc(OCc5ccccc5)cc4)c3c2)o1. The normalized spacial score (nSPS) is 11.7. The highest BCUT2D eigenvalue weighted by Gasteiger charge is 2.12. The van der Waals surface area contributed by atoms with Crippen LogP contribution >= 0.6 is 0 Å². The number of hydrogen-bond acceptors (Lipinski definition) is 8. The lowest BCUT2D eigenvalue weighted by Crippen LogP contribution is -2.24. The molecule has 0 fully saturated rings. The summed E-state index contributed by atoms with van der Waals surface area (Å²) in [5, 5.41) is 4.25. The predicted octanol–water partition coefficient (Wildman–Crippen LogP) is 5.69. The van der Waals surface area contributed by atoms with Gasteiger partial charge in [0, 0.05) is 29.4 Å². The Morgan fingerprint density at radius 3 is 2.51 bits per heavy atom. The predicted molar refractivity (Wildman–Crippen MR) is 154 cm³/mol. The highest BCUT2D eigenvalue weighted by atomic mass is 32.2. The molecule has 8 nitrogen and oxygen atoms in total. The zero-order valence-electron chi connectivity index (χ0n) is 21.9. The van der Waals surface area contributed by atoms with Gasteiger partial charge in [-0.25, -0.2) is 18.4 Å². The van der Waals surface area contributed by atoms with E-state index in [1.165, 1.54) is 6.26 Å². The fourth-order valence-electron chi connectivity index (χ4n) is 4.11. The minimum Gasteiger partial charge on any atom is -0.489 e. The second-order valence-corrected chi connectivity index (χ2v) is 11.8. The fourth-order valence-corrected chi connectivity index (χ4v) is 4.75. The van der Waals surface area contributed by atoms with Crippen molar-refractivity contribution in [3.8, 4) is 17.1 Å². The number of benzene rings is 3. The van der Waals surface area contributed by atoms with Crippen LogP contribution in [-0.2, 0) is 23.0 Å². The van der Waals surface area contributed by atoms with E-state index in [9.17, 15) is 8.42 Å². The van der Waals surface area contributed by atoms with Crippen LogP contribution in [0.3, 0.4) is 0 Å². The molecule has 0 bridgehead atoms. The molecule has 200 valence electrons. The summed E-state index contributed by atoms with van der Waals surface area (Å²) in [4.78, 5) is 10.8. The number of anilines is 2. The molecule has 0 unspecified atom stereocenters. The van der Waals surface area contributed by atoms with Gasteiger partial charge in [-0.15, -0.1) is 0 Å². The van der Waals surface area contributed by atoms with Gasteiger partial charge in [0.1, 0.15) is 45.9 Å². The van der Waals surface area contributed by atoms with E-state index in [2.05, 4.69) is 15.3 Å². The van der Waals surface area contributed by atoms with E-state index < -0.39 is 9.84 Å². The van der Waals surface area contributed by atoms with E-state index in [1.54, 1.807) is 6.33 Å². The van der Waals surface area contributed by atoms with Gasteiger partial charge in [-0.05, 0) is 67.2 Å². The molecule has 9 heteroatoms. The van der Waals surface area contributed by atoms with Gasteiger partial charge in [-0.3, -0.25) is 4.90 Å². The Morgan fingerprint density at radius 2 is 1.74 bits per heavy atom. The average molecular weight is 543 g/mol. The lowest BCUT2D eigenvalue weighted by Gasteiger charge is -2.14. The molecular formula is C30H30N4O4S. The summed E-state index contributed by atoms with van der Waals surface area (Å²) in [6.45, 7) is 1.47. The van der Waals surface area contributed by atoms with Crippen molar-refractivity contribution in [2.24, 2.45) is 0 Å². The Labute approximate surface area is 228 Å². The molecule has 0 aliphatic rings. The number of ether oxygens (including phenoxy) is 1. The van der Waals surface area contributed by atoms with Gasteiger partial charge in [0.05, 0.1) is 17.8 Å². The molecule has 0 aliphatic carbocycles. The van der Waals surface area contributed by atoms with Crippen molar-refractivity contribution in [3.05, 3.63) is 103 Å². The summed E-state index contributed by atoms with van der Waals surface area (Å²) in [5.41, 5.74) is 3.71. The number of aromatic nitrogens is 2. The molecule has 0 spiro atoms. The van der Waals surface area contributed by atoms with Crippen LogP contribution in [0, 0.1) is 0 Å². The van der Waals surface area contributed by atoms with Crippen molar-refractivity contribution >= 4 is 32.2 Å². The summed E-state index contributed by atoms with van der Waals surface area (Å²) in [6, 6.07) is 27.6. The third kappa shape index (κ3) is 7.22. The van der Waals surface area contributed by atoms with Crippen molar-refractivity contribution in [1.82, 2.24) is 14.9 Å². The van der Waals surface area contributed by atoms with Crippen LogP contribution in [-0.4, -0.2) is 48.9 Å². The lowest BCUT2D eigenvalue weighted by atomic mass is 10.1. The summed E-state index contributed by atoms with van der Waals surface area (Å²) < 4.78 is 34.9. The summed E-state index contributed by atoms with van der Waals surface area (Å²) in [7, 11) is -1.13.